The Hall–Kier alpha value is -1.94. The Kier molecular flexibility index (Phi) is 5.27. The quantitative estimate of drug-likeness (QED) is 0.756. The zero-order chi connectivity index (χ0) is 13.5. The van der Waals surface area contributed by atoms with Gasteiger partial charge in [0, 0.05) is 13.1 Å². The van der Waals surface area contributed by atoms with Gasteiger partial charge in [-0.15, -0.1) is 5.10 Å². The van der Waals surface area contributed by atoms with Crippen molar-refractivity contribution in [3.8, 4) is 6.07 Å². The zero-order valence-electron chi connectivity index (χ0n) is 10.6. The molecule has 0 aliphatic carbocycles. The Bertz CT molecular complexity index is 437. The Morgan fingerprint density at radius 3 is 2.94 bits per heavy atom. The lowest BCUT2D eigenvalue weighted by molar-refractivity contribution is 0.0690. The number of aromatic carboxylic acids is 1. The van der Waals surface area contributed by atoms with Gasteiger partial charge in [0.25, 0.3) is 0 Å². The third kappa shape index (κ3) is 4.14. The summed E-state index contributed by atoms with van der Waals surface area (Å²) in [6.45, 7) is 6.71. The van der Waals surface area contributed by atoms with E-state index in [1.54, 1.807) is 0 Å². The molecule has 1 heterocycles. The maximum atomic E-state index is 10.6. The van der Waals surface area contributed by atoms with Gasteiger partial charge in [0.15, 0.2) is 5.69 Å². The van der Waals surface area contributed by atoms with Crippen LogP contribution in [0.1, 0.15) is 24.3 Å². The molecule has 1 atom stereocenters. The Balaban J connectivity index is 2.47. The molecule has 0 amide bonds. The van der Waals surface area contributed by atoms with Crippen LogP contribution in [0.4, 0.5) is 0 Å². The summed E-state index contributed by atoms with van der Waals surface area (Å²) in [5.74, 6) is -1.10. The summed E-state index contributed by atoms with van der Waals surface area (Å²) in [5.41, 5.74) is -0.0524. The summed E-state index contributed by atoms with van der Waals surface area (Å²) in [5, 5.41) is 24.7. The Morgan fingerprint density at radius 1 is 1.72 bits per heavy atom. The summed E-state index contributed by atoms with van der Waals surface area (Å²) < 4.78 is 1.50. The van der Waals surface area contributed by atoms with E-state index in [0.717, 1.165) is 6.54 Å². The fourth-order valence-corrected chi connectivity index (χ4v) is 1.56. The van der Waals surface area contributed by atoms with Crippen LogP contribution in [-0.4, -0.2) is 50.6 Å². The summed E-state index contributed by atoms with van der Waals surface area (Å²) in [7, 11) is 0. The summed E-state index contributed by atoms with van der Waals surface area (Å²) in [6.07, 6.45) is 1.41. The van der Waals surface area contributed by atoms with Crippen LogP contribution >= 0.6 is 0 Å². The topological polar surface area (TPSA) is 95.0 Å². The SMILES string of the molecule is CCN(CCn1cc(C(=O)O)nn1)CC(C)C#N. The minimum Gasteiger partial charge on any atom is -0.476 e. The monoisotopic (exact) mass is 251 g/mol. The molecule has 0 saturated carbocycles. The van der Waals surface area contributed by atoms with E-state index in [0.29, 0.717) is 19.6 Å². The van der Waals surface area contributed by atoms with Gasteiger partial charge in [-0.2, -0.15) is 5.26 Å². The van der Waals surface area contributed by atoms with Crippen molar-refractivity contribution >= 4 is 5.97 Å². The van der Waals surface area contributed by atoms with Gasteiger partial charge in [-0.1, -0.05) is 12.1 Å². The predicted molar refractivity (Wildman–Crippen MR) is 63.9 cm³/mol. The third-order valence-electron chi connectivity index (χ3n) is 2.60. The van der Waals surface area contributed by atoms with Crippen molar-refractivity contribution in [3.63, 3.8) is 0 Å². The van der Waals surface area contributed by atoms with Gasteiger partial charge in [0.05, 0.1) is 24.7 Å². The van der Waals surface area contributed by atoms with Crippen LogP contribution in [0.2, 0.25) is 0 Å². The molecule has 1 rings (SSSR count). The van der Waals surface area contributed by atoms with Gasteiger partial charge in [-0.25, -0.2) is 4.79 Å². The summed E-state index contributed by atoms with van der Waals surface area (Å²) >= 11 is 0. The van der Waals surface area contributed by atoms with Crippen LogP contribution in [0.25, 0.3) is 0 Å². The van der Waals surface area contributed by atoms with Gasteiger partial charge in [-0.05, 0) is 13.5 Å². The van der Waals surface area contributed by atoms with Gasteiger partial charge >= 0.3 is 5.97 Å². The number of carboxylic acids is 1. The van der Waals surface area contributed by atoms with E-state index in [2.05, 4.69) is 21.3 Å². The number of carboxylic acid groups (broad SMARTS) is 1. The molecule has 0 aliphatic heterocycles. The second kappa shape index (κ2) is 6.71. The van der Waals surface area contributed by atoms with Crippen molar-refractivity contribution < 1.29 is 9.90 Å². The lowest BCUT2D eigenvalue weighted by Crippen LogP contribution is -2.31. The second-order valence-electron chi connectivity index (χ2n) is 4.10. The van der Waals surface area contributed by atoms with Crippen LogP contribution < -0.4 is 0 Å². The molecule has 1 N–H and O–H groups in total. The molecule has 1 unspecified atom stereocenters. The highest BCUT2D eigenvalue weighted by atomic mass is 16.4. The van der Waals surface area contributed by atoms with Crippen LogP contribution in [0, 0.1) is 17.2 Å². The molecule has 18 heavy (non-hydrogen) atoms. The van der Waals surface area contributed by atoms with E-state index in [-0.39, 0.29) is 11.6 Å². The van der Waals surface area contributed by atoms with E-state index in [9.17, 15) is 4.79 Å². The number of nitriles is 1. The molecule has 0 bridgehead atoms. The van der Waals surface area contributed by atoms with Crippen molar-refractivity contribution in [2.75, 3.05) is 19.6 Å². The summed E-state index contributed by atoms with van der Waals surface area (Å²) in [6, 6.07) is 2.19. The lowest BCUT2D eigenvalue weighted by atomic mass is 10.2. The normalized spacial score (nSPS) is 12.3. The molecule has 0 spiro atoms. The molecule has 1 aromatic rings. The molecule has 0 saturated heterocycles. The van der Waals surface area contributed by atoms with Crippen molar-refractivity contribution in [2.45, 2.75) is 20.4 Å². The smallest absolute Gasteiger partial charge is 0.358 e. The second-order valence-corrected chi connectivity index (χ2v) is 4.10. The molecule has 0 radical (unpaired) electrons. The maximum absolute atomic E-state index is 10.6. The maximum Gasteiger partial charge on any atom is 0.358 e. The van der Waals surface area contributed by atoms with E-state index >= 15 is 0 Å². The van der Waals surface area contributed by atoms with E-state index in [1.165, 1.54) is 10.9 Å². The van der Waals surface area contributed by atoms with Crippen molar-refractivity contribution in [2.24, 2.45) is 5.92 Å². The molecule has 0 aliphatic rings. The highest BCUT2D eigenvalue weighted by Gasteiger charge is 2.10. The fraction of sp³-hybridized carbons (Fsp3) is 0.636. The largest absolute Gasteiger partial charge is 0.476 e. The van der Waals surface area contributed by atoms with Gasteiger partial charge < -0.3 is 10.0 Å². The van der Waals surface area contributed by atoms with E-state index in [4.69, 9.17) is 10.4 Å². The number of rotatable bonds is 7. The lowest BCUT2D eigenvalue weighted by Gasteiger charge is -2.20. The molecule has 1 aromatic heterocycles. The van der Waals surface area contributed by atoms with Crippen LogP contribution in [0.5, 0.6) is 0 Å². The highest BCUT2D eigenvalue weighted by molar-refractivity contribution is 5.84. The first-order chi connectivity index (χ1) is 8.56. The average molecular weight is 251 g/mol. The molecular formula is C11H17N5O2. The first kappa shape index (κ1) is 14.1. The van der Waals surface area contributed by atoms with Crippen molar-refractivity contribution in [1.29, 1.82) is 5.26 Å². The van der Waals surface area contributed by atoms with Crippen molar-refractivity contribution in [1.82, 2.24) is 19.9 Å². The van der Waals surface area contributed by atoms with Gasteiger partial charge in [-0.3, -0.25) is 4.68 Å². The third-order valence-corrected chi connectivity index (χ3v) is 2.60. The first-order valence-corrected chi connectivity index (χ1v) is 5.82. The standard InChI is InChI=1S/C11H17N5O2/c1-3-15(7-9(2)6-12)4-5-16-8-10(11(17)18)13-14-16/h8-9H,3-5,7H2,1-2H3,(H,17,18). The number of hydrogen-bond donors (Lipinski definition) is 1. The molecule has 7 heteroatoms. The molecule has 98 valence electrons. The predicted octanol–water partition coefficient (Wildman–Crippen LogP) is 0.458. The number of likely N-dealkylation sites (N-methyl/N-ethyl adjacent to an activating group) is 1. The summed E-state index contributed by atoms with van der Waals surface area (Å²) in [4.78, 5) is 12.8. The van der Waals surface area contributed by atoms with E-state index in [1.807, 2.05) is 13.8 Å². The average Bonchev–Trinajstić information content (AvgIpc) is 2.83. The van der Waals surface area contributed by atoms with Gasteiger partial charge in [0.1, 0.15) is 0 Å². The zero-order valence-corrected chi connectivity index (χ0v) is 10.6. The number of hydrogen-bond acceptors (Lipinski definition) is 5. The number of aromatic nitrogens is 3. The molecular weight excluding hydrogens is 234 g/mol. The first-order valence-electron chi connectivity index (χ1n) is 5.82. The highest BCUT2D eigenvalue weighted by Crippen LogP contribution is 1.99. The molecule has 7 nitrogen and oxygen atoms in total. The van der Waals surface area contributed by atoms with Crippen LogP contribution in [0.15, 0.2) is 6.20 Å². The number of carbonyl (C=O) groups is 1. The Morgan fingerprint density at radius 2 is 2.44 bits per heavy atom. The molecule has 0 aromatic carbocycles. The minimum absolute atomic E-state index is 0.0183. The number of nitrogens with zero attached hydrogens (tertiary/aromatic N) is 5. The van der Waals surface area contributed by atoms with Crippen LogP contribution in [0.3, 0.4) is 0 Å². The van der Waals surface area contributed by atoms with Crippen molar-refractivity contribution in [3.05, 3.63) is 11.9 Å². The fourth-order valence-electron chi connectivity index (χ4n) is 1.56. The minimum atomic E-state index is -1.08. The van der Waals surface area contributed by atoms with E-state index < -0.39 is 5.97 Å². The van der Waals surface area contributed by atoms with Gasteiger partial charge in [0.2, 0.25) is 0 Å². The Labute approximate surface area is 106 Å². The van der Waals surface area contributed by atoms with Crippen LogP contribution in [-0.2, 0) is 6.54 Å². The molecule has 0 fully saturated rings.